The number of benzene rings is 5. The third-order valence-electron chi connectivity index (χ3n) is 14.0. The zero-order chi connectivity index (χ0) is 39.7. The number of fused-ring (bicyclic) bond motifs is 7. The molecule has 250 valence electrons. The van der Waals surface area contributed by atoms with Gasteiger partial charge < -0.3 is 9.32 Å². The number of furan rings is 1. The Kier molecular flexibility index (Phi) is 4.61. The molecule has 1 spiro atoms. The Balaban J connectivity index is 1.20. The van der Waals surface area contributed by atoms with Crippen molar-refractivity contribution in [1.29, 1.82) is 0 Å². The maximum absolute atomic E-state index is 9.84. The summed E-state index contributed by atoms with van der Waals surface area (Å²) in [7, 11) is 0. The molecular weight excluding hydrogens is 607 g/mol. The molecule has 1 aromatic heterocycles. The summed E-state index contributed by atoms with van der Waals surface area (Å²) >= 11 is 0. The Morgan fingerprint density at radius 2 is 1.24 bits per heavy atom. The average molecular weight is 661 g/mol. The monoisotopic (exact) mass is 660 g/mol. The molecule has 1 heterocycles. The Hall–Kier alpha value is -4.30. The molecule has 4 bridgehead atoms. The molecule has 2 heteroatoms. The first-order chi connectivity index (χ1) is 27.1. The van der Waals surface area contributed by atoms with E-state index in [0.29, 0.717) is 11.8 Å². The fourth-order valence-electron chi connectivity index (χ4n) is 11.8. The fourth-order valence-corrected chi connectivity index (χ4v) is 11.8. The maximum Gasteiger partial charge on any atom is 0.137 e. The number of para-hydroxylation sites is 1. The minimum atomic E-state index is -0.435. The molecule has 6 aromatic rings. The summed E-state index contributed by atoms with van der Waals surface area (Å²) < 4.78 is 69.3. The van der Waals surface area contributed by atoms with Crippen molar-refractivity contribution in [2.24, 2.45) is 23.7 Å². The Morgan fingerprint density at radius 3 is 2.02 bits per heavy atom. The molecule has 4 fully saturated rings. The van der Waals surface area contributed by atoms with Crippen molar-refractivity contribution in [3.63, 3.8) is 0 Å². The Labute approximate surface area is 306 Å². The molecule has 0 radical (unpaired) electrons. The van der Waals surface area contributed by atoms with E-state index in [4.69, 9.17) is 9.90 Å². The lowest BCUT2D eigenvalue weighted by molar-refractivity contribution is -0.0399. The third-order valence-corrected chi connectivity index (χ3v) is 14.0. The zero-order valence-electron chi connectivity index (χ0n) is 36.4. The van der Waals surface area contributed by atoms with Crippen LogP contribution in [0.1, 0.15) is 104 Å². The number of rotatable bonds is 3. The molecule has 0 atom stereocenters. The van der Waals surface area contributed by atoms with Crippen LogP contribution in [0.4, 0.5) is 17.1 Å². The van der Waals surface area contributed by atoms with Gasteiger partial charge in [-0.05, 0) is 155 Å². The summed E-state index contributed by atoms with van der Waals surface area (Å²) in [6, 6.07) is 20.2. The van der Waals surface area contributed by atoms with Gasteiger partial charge in [0.15, 0.2) is 0 Å². The topological polar surface area (TPSA) is 16.4 Å². The van der Waals surface area contributed by atoms with E-state index < -0.39 is 12.1 Å². The molecule has 6 aliphatic carbocycles. The van der Waals surface area contributed by atoms with Crippen molar-refractivity contribution < 1.29 is 14.0 Å². The lowest BCUT2D eigenvalue weighted by atomic mass is 9.43. The molecule has 50 heavy (non-hydrogen) atoms. The largest absolute Gasteiger partial charge is 0.456 e. The first kappa shape index (κ1) is 23.2. The highest BCUT2D eigenvalue weighted by atomic mass is 16.3. The highest BCUT2D eigenvalue weighted by Gasteiger charge is 2.61. The van der Waals surface area contributed by atoms with Crippen LogP contribution >= 0.6 is 0 Å². The predicted octanol–water partition coefficient (Wildman–Crippen LogP) is 13.1. The first-order valence-electron chi connectivity index (χ1n) is 22.2. The van der Waals surface area contributed by atoms with Crippen molar-refractivity contribution in [1.82, 2.24) is 0 Å². The number of hydrogen-bond acceptors (Lipinski definition) is 2. The molecule has 0 unspecified atom stereocenters. The molecule has 2 nitrogen and oxygen atoms in total. The van der Waals surface area contributed by atoms with Crippen LogP contribution in [0.2, 0.25) is 0 Å². The fraction of sp³-hybridized carbons (Fsp3) is 0.375. The molecule has 0 N–H and O–H groups in total. The minimum absolute atomic E-state index is 0.0107. The summed E-state index contributed by atoms with van der Waals surface area (Å²) in [6.07, 6.45) is 8.46. The number of anilines is 3. The van der Waals surface area contributed by atoms with Gasteiger partial charge in [-0.15, -0.1) is 0 Å². The van der Waals surface area contributed by atoms with E-state index in [2.05, 4.69) is 88.4 Å². The van der Waals surface area contributed by atoms with E-state index in [1.807, 2.05) is 4.90 Å². The van der Waals surface area contributed by atoms with Crippen LogP contribution in [0.3, 0.4) is 0 Å². The van der Waals surface area contributed by atoms with Gasteiger partial charge in [0.25, 0.3) is 0 Å². The van der Waals surface area contributed by atoms with E-state index in [-0.39, 0.29) is 74.1 Å². The van der Waals surface area contributed by atoms with Gasteiger partial charge in [0.05, 0.1) is 9.60 Å². The van der Waals surface area contributed by atoms with Crippen molar-refractivity contribution in [2.75, 3.05) is 4.90 Å². The minimum Gasteiger partial charge on any atom is -0.456 e. The summed E-state index contributed by atoms with van der Waals surface area (Å²) in [5.41, 5.74) is 9.41. The van der Waals surface area contributed by atoms with Crippen LogP contribution in [0.15, 0.2) is 107 Å². The second-order valence-electron chi connectivity index (χ2n) is 17.5. The second kappa shape index (κ2) is 9.93. The van der Waals surface area contributed by atoms with E-state index >= 15 is 0 Å². The Bertz CT molecular complexity index is 2730. The van der Waals surface area contributed by atoms with Crippen LogP contribution in [0, 0.1) is 23.7 Å². The molecular formula is C48H47NO. The SMILES string of the molecule is [2H]c1c([2H])c([2H])c2c(oc3c([2H])c(N(c4ccc5c(c4)C(C)(C)CCC5(C)C)c4ccc5c(c4)C4(c6ccccc6-5)C5CC6CC(C5)CC4C6)c([2H])c([2H])c32)c1[2H]. The van der Waals surface area contributed by atoms with Crippen molar-refractivity contribution >= 4 is 39.0 Å². The smallest absolute Gasteiger partial charge is 0.137 e. The molecule has 0 saturated heterocycles. The molecule has 4 saturated carbocycles. The van der Waals surface area contributed by atoms with Crippen molar-refractivity contribution in [2.45, 2.75) is 88.9 Å². The summed E-state index contributed by atoms with van der Waals surface area (Å²) in [6.45, 7) is 9.20. The van der Waals surface area contributed by atoms with Crippen LogP contribution in [0.5, 0.6) is 0 Å². The number of hydrogen-bond donors (Lipinski definition) is 0. The summed E-state index contributed by atoms with van der Waals surface area (Å²) in [4.78, 5) is 2.00. The standard InChI is InChI=1S/C48H47NO/c1-46(2)19-20-47(3,4)43-27-34(15-18-41(43)46)49(35-14-17-39-38-10-6-8-12-44(38)50-45(39)28-35)33-13-16-37-36-9-5-7-11-40(36)48(42(37)26-33)31-22-29-21-30(24-31)25-32(48)23-29/h5-18,26-32H,19-25H2,1-4H3/i6D,8D,10D,12D,14D,17D,28D. The first-order valence-corrected chi connectivity index (χ1v) is 18.7. The summed E-state index contributed by atoms with van der Waals surface area (Å²) in [5, 5.41) is 0.110. The molecule has 0 amide bonds. The van der Waals surface area contributed by atoms with Gasteiger partial charge in [0.1, 0.15) is 11.2 Å². The van der Waals surface area contributed by atoms with Crippen LogP contribution in [-0.2, 0) is 16.2 Å². The third kappa shape index (κ3) is 3.86. The molecule has 0 aliphatic heterocycles. The zero-order valence-corrected chi connectivity index (χ0v) is 29.4. The van der Waals surface area contributed by atoms with Gasteiger partial charge in [-0.1, -0.05) is 82.2 Å². The van der Waals surface area contributed by atoms with E-state index in [9.17, 15) is 4.11 Å². The van der Waals surface area contributed by atoms with Crippen LogP contribution < -0.4 is 4.90 Å². The average Bonchev–Trinajstić information content (AvgIpc) is 3.73. The van der Waals surface area contributed by atoms with Crippen LogP contribution in [-0.4, -0.2) is 0 Å². The van der Waals surface area contributed by atoms with Gasteiger partial charge in [-0.2, -0.15) is 0 Å². The highest BCUT2D eigenvalue weighted by molar-refractivity contribution is 6.06. The van der Waals surface area contributed by atoms with E-state index in [0.717, 1.165) is 36.1 Å². The van der Waals surface area contributed by atoms with Crippen LogP contribution in [0.25, 0.3) is 33.1 Å². The molecule has 6 aliphatic rings. The van der Waals surface area contributed by atoms with Gasteiger partial charge in [0.2, 0.25) is 0 Å². The summed E-state index contributed by atoms with van der Waals surface area (Å²) in [5.74, 6) is 2.70. The molecule has 12 rings (SSSR count). The van der Waals surface area contributed by atoms with Gasteiger partial charge >= 0.3 is 0 Å². The second-order valence-corrected chi connectivity index (χ2v) is 17.5. The van der Waals surface area contributed by atoms with Gasteiger partial charge in [0, 0.05) is 39.3 Å². The quantitative estimate of drug-likeness (QED) is 0.188. The van der Waals surface area contributed by atoms with Gasteiger partial charge in [-0.25, -0.2) is 0 Å². The lowest BCUT2D eigenvalue weighted by Crippen LogP contribution is -2.55. The Morgan fingerprint density at radius 1 is 0.600 bits per heavy atom. The highest BCUT2D eigenvalue weighted by Crippen LogP contribution is 2.69. The van der Waals surface area contributed by atoms with Gasteiger partial charge in [-0.3, -0.25) is 0 Å². The van der Waals surface area contributed by atoms with Crippen molar-refractivity contribution in [3.8, 4) is 11.1 Å². The maximum atomic E-state index is 9.84. The van der Waals surface area contributed by atoms with E-state index in [1.165, 1.54) is 65.5 Å². The lowest BCUT2D eigenvalue weighted by Gasteiger charge is -2.61. The van der Waals surface area contributed by atoms with Crippen molar-refractivity contribution in [3.05, 3.63) is 125 Å². The predicted molar refractivity (Wildman–Crippen MR) is 207 cm³/mol. The number of nitrogens with zero attached hydrogens (tertiary/aromatic N) is 1. The molecule has 5 aromatic carbocycles. The normalized spacial score (nSPS) is 29.8. The van der Waals surface area contributed by atoms with E-state index in [1.54, 1.807) is 0 Å².